The molecule has 0 saturated carbocycles. The number of benzene rings is 1. The molecule has 0 saturated heterocycles. The van der Waals surface area contributed by atoms with Crippen LogP contribution < -0.4 is 4.74 Å². The number of nitrogens with zero attached hydrogens (tertiary/aromatic N) is 2. The Bertz CT molecular complexity index is 848. The van der Waals surface area contributed by atoms with Crippen molar-refractivity contribution in [2.24, 2.45) is 0 Å². The molecule has 108 valence electrons. The third kappa shape index (κ3) is 2.08. The number of rotatable bonds is 3. The van der Waals surface area contributed by atoms with Crippen molar-refractivity contribution >= 4 is 22.3 Å². The number of aryl methyl sites for hydroxylation is 2. The Morgan fingerprint density at radius 3 is 2.76 bits per heavy atom. The van der Waals surface area contributed by atoms with Crippen LogP contribution in [0.1, 0.15) is 20.9 Å². The molecule has 0 bridgehead atoms. The van der Waals surface area contributed by atoms with Crippen LogP contribution in [0.3, 0.4) is 0 Å². The van der Waals surface area contributed by atoms with Gasteiger partial charge in [0.05, 0.1) is 19.0 Å². The van der Waals surface area contributed by atoms with E-state index >= 15 is 0 Å². The molecular weight excluding hydrogens is 288 g/mol. The summed E-state index contributed by atoms with van der Waals surface area (Å²) in [7, 11) is 1.63. The number of carboxylic acids is 1. The molecule has 2 aromatic heterocycles. The SMILES string of the molecule is COc1ccc(-c2c(C)sc3ncc(C(=O)O)n23)cc1C. The number of hydrogen-bond donors (Lipinski definition) is 1. The molecule has 3 aromatic rings. The molecule has 1 N–H and O–H groups in total. The molecule has 21 heavy (non-hydrogen) atoms. The zero-order valence-electron chi connectivity index (χ0n) is 11.9. The van der Waals surface area contributed by atoms with Gasteiger partial charge in [0.1, 0.15) is 5.75 Å². The zero-order valence-corrected chi connectivity index (χ0v) is 12.7. The lowest BCUT2D eigenvalue weighted by molar-refractivity contribution is 0.0689. The van der Waals surface area contributed by atoms with E-state index in [0.717, 1.165) is 27.4 Å². The van der Waals surface area contributed by atoms with Gasteiger partial charge in [-0.15, -0.1) is 11.3 Å². The zero-order chi connectivity index (χ0) is 15.1. The van der Waals surface area contributed by atoms with Crippen molar-refractivity contribution in [3.8, 4) is 17.0 Å². The number of hydrogen-bond acceptors (Lipinski definition) is 4. The first-order valence-electron chi connectivity index (χ1n) is 6.38. The van der Waals surface area contributed by atoms with Crippen LogP contribution in [0.5, 0.6) is 5.75 Å². The van der Waals surface area contributed by atoms with Crippen LogP contribution in [-0.4, -0.2) is 27.6 Å². The molecule has 0 unspecified atom stereocenters. The minimum absolute atomic E-state index is 0.179. The van der Waals surface area contributed by atoms with E-state index in [9.17, 15) is 9.90 Å². The standard InChI is InChI=1S/C15H14N2O3S/c1-8-6-10(4-5-12(8)20-3)13-9(2)21-15-16-7-11(14(18)19)17(13)15/h4-7H,1-3H3,(H,18,19). The molecule has 0 fully saturated rings. The topological polar surface area (TPSA) is 63.8 Å². The van der Waals surface area contributed by atoms with Gasteiger partial charge in [0.15, 0.2) is 10.7 Å². The average Bonchev–Trinajstić information content (AvgIpc) is 2.96. The van der Waals surface area contributed by atoms with Crippen molar-refractivity contribution in [2.45, 2.75) is 13.8 Å². The number of aromatic carboxylic acids is 1. The number of fused-ring (bicyclic) bond motifs is 1. The number of ether oxygens (including phenoxy) is 1. The predicted octanol–water partition coefficient (Wildman–Crippen LogP) is 3.39. The molecular formula is C15H14N2O3S. The van der Waals surface area contributed by atoms with Gasteiger partial charge < -0.3 is 9.84 Å². The molecule has 0 aliphatic rings. The number of imidazole rings is 1. The largest absolute Gasteiger partial charge is 0.496 e. The smallest absolute Gasteiger partial charge is 0.354 e. The van der Waals surface area contributed by atoms with E-state index in [1.54, 1.807) is 11.5 Å². The van der Waals surface area contributed by atoms with Gasteiger partial charge in [0.2, 0.25) is 0 Å². The predicted molar refractivity (Wildman–Crippen MR) is 81.5 cm³/mol. The highest BCUT2D eigenvalue weighted by molar-refractivity contribution is 7.17. The van der Waals surface area contributed by atoms with Gasteiger partial charge in [-0.3, -0.25) is 4.40 Å². The van der Waals surface area contributed by atoms with Crippen molar-refractivity contribution in [1.82, 2.24) is 9.38 Å². The summed E-state index contributed by atoms with van der Waals surface area (Å²) in [5, 5.41) is 9.31. The van der Waals surface area contributed by atoms with Crippen LogP contribution in [-0.2, 0) is 0 Å². The maximum atomic E-state index is 11.4. The Morgan fingerprint density at radius 1 is 1.38 bits per heavy atom. The first-order chi connectivity index (χ1) is 10.0. The van der Waals surface area contributed by atoms with Crippen molar-refractivity contribution in [1.29, 1.82) is 0 Å². The Labute approximate surface area is 125 Å². The summed E-state index contributed by atoms with van der Waals surface area (Å²) in [5.41, 5.74) is 3.01. The summed E-state index contributed by atoms with van der Waals surface area (Å²) >= 11 is 1.48. The Kier molecular flexibility index (Phi) is 3.17. The number of carboxylic acid groups (broad SMARTS) is 1. The highest BCUT2D eigenvalue weighted by Gasteiger charge is 2.19. The van der Waals surface area contributed by atoms with Crippen LogP contribution in [0.25, 0.3) is 16.2 Å². The second-order valence-corrected chi connectivity index (χ2v) is 5.94. The monoisotopic (exact) mass is 302 g/mol. The Morgan fingerprint density at radius 2 is 2.14 bits per heavy atom. The highest BCUT2D eigenvalue weighted by atomic mass is 32.1. The summed E-state index contributed by atoms with van der Waals surface area (Å²) in [6.45, 7) is 3.94. The van der Waals surface area contributed by atoms with Crippen molar-refractivity contribution in [3.05, 3.63) is 40.5 Å². The molecule has 2 heterocycles. The fraction of sp³-hybridized carbons (Fsp3) is 0.200. The molecule has 3 rings (SSSR count). The van der Waals surface area contributed by atoms with Crippen LogP contribution in [0.4, 0.5) is 0 Å². The molecule has 0 aliphatic heterocycles. The van der Waals surface area contributed by atoms with Gasteiger partial charge in [-0.05, 0) is 37.6 Å². The molecule has 1 aromatic carbocycles. The Hall–Kier alpha value is -2.34. The number of thiazole rings is 1. The Balaban J connectivity index is 2.28. The molecule has 0 aliphatic carbocycles. The summed E-state index contributed by atoms with van der Waals surface area (Å²) < 4.78 is 6.97. The lowest BCUT2D eigenvalue weighted by atomic mass is 10.1. The fourth-order valence-electron chi connectivity index (χ4n) is 2.47. The second kappa shape index (κ2) is 4.89. The molecule has 0 spiro atoms. The number of methoxy groups -OCH3 is 1. The first kappa shape index (κ1) is 13.6. The lowest BCUT2D eigenvalue weighted by Gasteiger charge is -2.08. The van der Waals surface area contributed by atoms with Crippen LogP contribution >= 0.6 is 11.3 Å². The van der Waals surface area contributed by atoms with Gasteiger partial charge >= 0.3 is 5.97 Å². The summed E-state index contributed by atoms with van der Waals surface area (Å²) in [4.78, 5) is 17.3. The molecule has 6 heteroatoms. The average molecular weight is 302 g/mol. The van der Waals surface area contributed by atoms with Crippen LogP contribution in [0.2, 0.25) is 0 Å². The maximum Gasteiger partial charge on any atom is 0.354 e. The lowest BCUT2D eigenvalue weighted by Crippen LogP contribution is -2.02. The molecule has 0 atom stereocenters. The highest BCUT2D eigenvalue weighted by Crippen LogP contribution is 2.34. The van der Waals surface area contributed by atoms with E-state index in [-0.39, 0.29) is 5.69 Å². The van der Waals surface area contributed by atoms with Gasteiger partial charge in [0, 0.05) is 10.4 Å². The summed E-state index contributed by atoms with van der Waals surface area (Å²) in [5.74, 6) is -0.168. The number of aromatic nitrogens is 2. The molecule has 5 nitrogen and oxygen atoms in total. The van der Waals surface area contributed by atoms with Gasteiger partial charge in [-0.1, -0.05) is 0 Å². The molecule has 0 radical (unpaired) electrons. The van der Waals surface area contributed by atoms with E-state index in [1.165, 1.54) is 17.5 Å². The van der Waals surface area contributed by atoms with E-state index < -0.39 is 5.97 Å². The number of carbonyl (C=O) groups is 1. The molecule has 0 amide bonds. The van der Waals surface area contributed by atoms with E-state index in [0.29, 0.717) is 4.96 Å². The van der Waals surface area contributed by atoms with Gasteiger partial charge in [0.25, 0.3) is 0 Å². The minimum Gasteiger partial charge on any atom is -0.496 e. The third-order valence-electron chi connectivity index (χ3n) is 3.42. The normalized spacial score (nSPS) is 11.0. The summed E-state index contributed by atoms with van der Waals surface area (Å²) in [6, 6.07) is 5.83. The van der Waals surface area contributed by atoms with Gasteiger partial charge in [-0.2, -0.15) is 0 Å². The maximum absolute atomic E-state index is 11.4. The van der Waals surface area contributed by atoms with E-state index in [2.05, 4.69) is 4.98 Å². The van der Waals surface area contributed by atoms with E-state index in [1.807, 2.05) is 32.0 Å². The minimum atomic E-state index is -0.980. The van der Waals surface area contributed by atoms with E-state index in [4.69, 9.17) is 4.74 Å². The quantitative estimate of drug-likeness (QED) is 0.805. The second-order valence-electron chi connectivity index (χ2n) is 4.76. The van der Waals surface area contributed by atoms with Crippen LogP contribution in [0.15, 0.2) is 24.4 Å². The van der Waals surface area contributed by atoms with Crippen molar-refractivity contribution in [2.75, 3.05) is 7.11 Å². The first-order valence-corrected chi connectivity index (χ1v) is 7.19. The third-order valence-corrected chi connectivity index (χ3v) is 4.39. The fourth-order valence-corrected chi connectivity index (χ4v) is 3.44. The van der Waals surface area contributed by atoms with Crippen molar-refractivity contribution < 1.29 is 14.6 Å². The summed E-state index contributed by atoms with van der Waals surface area (Å²) in [6.07, 6.45) is 1.40. The van der Waals surface area contributed by atoms with Crippen LogP contribution in [0, 0.1) is 13.8 Å². The van der Waals surface area contributed by atoms with Gasteiger partial charge in [-0.25, -0.2) is 9.78 Å². The van der Waals surface area contributed by atoms with Crippen molar-refractivity contribution in [3.63, 3.8) is 0 Å².